The maximum absolute atomic E-state index is 12.0. The Morgan fingerprint density at radius 1 is 1.19 bits per heavy atom. The first-order chi connectivity index (χ1) is 9.69. The van der Waals surface area contributed by atoms with Crippen LogP contribution in [0.2, 0.25) is 0 Å². The van der Waals surface area contributed by atoms with Crippen molar-refractivity contribution >= 4 is 18.0 Å². The van der Waals surface area contributed by atoms with Crippen LogP contribution in [0.5, 0.6) is 0 Å². The summed E-state index contributed by atoms with van der Waals surface area (Å²) in [7, 11) is 1.24. The van der Waals surface area contributed by atoms with Crippen molar-refractivity contribution in [1.29, 1.82) is 0 Å². The number of carbonyl (C=O) groups is 3. The average Bonchev–Trinajstić information content (AvgIpc) is 2.38. The number of esters is 1. The summed E-state index contributed by atoms with van der Waals surface area (Å²) in [5.41, 5.74) is -0.637. The highest BCUT2D eigenvalue weighted by Gasteiger charge is 2.24. The summed E-state index contributed by atoms with van der Waals surface area (Å²) < 4.78 is 9.57. The molecule has 0 saturated carbocycles. The first-order valence-corrected chi connectivity index (χ1v) is 7.03. The van der Waals surface area contributed by atoms with Gasteiger partial charge in [-0.05, 0) is 27.2 Å². The third kappa shape index (κ3) is 9.70. The highest BCUT2D eigenvalue weighted by Crippen LogP contribution is 2.08. The number of rotatable bonds is 7. The third-order valence-corrected chi connectivity index (χ3v) is 2.49. The molecule has 2 N–H and O–H groups in total. The van der Waals surface area contributed by atoms with Crippen molar-refractivity contribution in [3.63, 3.8) is 0 Å². The van der Waals surface area contributed by atoms with E-state index in [1.807, 2.05) is 6.92 Å². The van der Waals surface area contributed by atoms with E-state index in [4.69, 9.17) is 4.74 Å². The summed E-state index contributed by atoms with van der Waals surface area (Å²) in [5, 5.41) is 4.95. The van der Waals surface area contributed by atoms with Crippen LogP contribution in [0, 0.1) is 0 Å². The third-order valence-electron chi connectivity index (χ3n) is 2.49. The fourth-order valence-corrected chi connectivity index (χ4v) is 1.48. The predicted octanol–water partition coefficient (Wildman–Crippen LogP) is 1.36. The Morgan fingerprint density at radius 3 is 2.29 bits per heavy atom. The van der Waals surface area contributed by atoms with Crippen LogP contribution >= 0.6 is 0 Å². The van der Waals surface area contributed by atoms with Crippen molar-refractivity contribution in [2.24, 2.45) is 0 Å². The van der Waals surface area contributed by atoms with Gasteiger partial charge in [-0.3, -0.25) is 9.59 Å². The molecule has 7 heteroatoms. The molecule has 0 heterocycles. The van der Waals surface area contributed by atoms with Crippen LogP contribution in [0.1, 0.15) is 47.0 Å². The molecule has 0 aromatic carbocycles. The van der Waals surface area contributed by atoms with E-state index in [0.717, 1.165) is 12.8 Å². The van der Waals surface area contributed by atoms with E-state index in [1.165, 1.54) is 7.11 Å². The van der Waals surface area contributed by atoms with Gasteiger partial charge in [-0.2, -0.15) is 0 Å². The van der Waals surface area contributed by atoms with Crippen molar-refractivity contribution in [2.45, 2.75) is 58.6 Å². The first-order valence-electron chi connectivity index (χ1n) is 7.03. The molecule has 0 aromatic rings. The van der Waals surface area contributed by atoms with Crippen LogP contribution in [-0.2, 0) is 19.1 Å². The van der Waals surface area contributed by atoms with Gasteiger partial charge in [0.25, 0.3) is 0 Å². The van der Waals surface area contributed by atoms with Gasteiger partial charge in [-0.1, -0.05) is 19.8 Å². The number of nitrogens with one attached hydrogen (secondary N) is 2. The summed E-state index contributed by atoms with van der Waals surface area (Å²) >= 11 is 0. The maximum atomic E-state index is 12.0. The fourth-order valence-electron chi connectivity index (χ4n) is 1.48. The molecule has 0 aromatic heterocycles. The number of alkyl carbamates (subject to hydrolysis) is 1. The van der Waals surface area contributed by atoms with Gasteiger partial charge >= 0.3 is 12.1 Å². The Kier molecular flexibility index (Phi) is 8.42. The Labute approximate surface area is 125 Å². The van der Waals surface area contributed by atoms with E-state index < -0.39 is 29.6 Å². The number of hydrogen-bond donors (Lipinski definition) is 2. The molecule has 0 aliphatic heterocycles. The van der Waals surface area contributed by atoms with Crippen LogP contribution in [0.3, 0.4) is 0 Å². The number of hydrogen-bond acceptors (Lipinski definition) is 5. The second kappa shape index (κ2) is 9.20. The first kappa shape index (κ1) is 19.2. The average molecular weight is 302 g/mol. The molecule has 0 spiro atoms. The second-order valence-electron chi connectivity index (χ2n) is 5.63. The van der Waals surface area contributed by atoms with Crippen LogP contribution < -0.4 is 10.6 Å². The minimum atomic E-state index is -0.732. The summed E-state index contributed by atoms with van der Waals surface area (Å²) in [6.07, 6.45) is 1.47. The van der Waals surface area contributed by atoms with E-state index >= 15 is 0 Å². The highest BCUT2D eigenvalue weighted by atomic mass is 16.6. The zero-order valence-corrected chi connectivity index (χ0v) is 13.4. The normalized spacial score (nSPS) is 12.2. The number of methoxy groups -OCH3 is 1. The number of unbranched alkanes of at least 4 members (excludes halogenated alkanes) is 1. The summed E-state index contributed by atoms with van der Waals surface area (Å²) in [6, 6.07) is -0.732. The number of carbonyl (C=O) groups excluding carboxylic acids is 3. The largest absolute Gasteiger partial charge is 0.468 e. The highest BCUT2D eigenvalue weighted by molar-refractivity contribution is 5.88. The number of ether oxygens (including phenoxy) is 2. The van der Waals surface area contributed by atoms with Crippen molar-refractivity contribution in [2.75, 3.05) is 13.7 Å². The molecule has 21 heavy (non-hydrogen) atoms. The standard InChI is InChI=1S/C14H26N2O5/c1-6-7-8-10(12(18)15-9-11(17)20-5)16-13(19)21-14(2,3)4/h10H,6-9H2,1-5H3,(H,15,18)(H,16,19)/t10-/m1/s1. The van der Waals surface area contributed by atoms with Crippen molar-refractivity contribution < 1.29 is 23.9 Å². The second-order valence-corrected chi connectivity index (χ2v) is 5.63. The summed E-state index contributed by atoms with van der Waals surface area (Å²) in [4.78, 5) is 34.7. The fraction of sp³-hybridized carbons (Fsp3) is 0.786. The maximum Gasteiger partial charge on any atom is 0.408 e. The molecule has 0 aliphatic rings. The Morgan fingerprint density at radius 2 is 1.81 bits per heavy atom. The van der Waals surface area contributed by atoms with Crippen molar-refractivity contribution in [1.82, 2.24) is 10.6 Å². The zero-order chi connectivity index (χ0) is 16.5. The van der Waals surface area contributed by atoms with Gasteiger partial charge in [-0.15, -0.1) is 0 Å². The lowest BCUT2D eigenvalue weighted by atomic mass is 10.1. The lowest BCUT2D eigenvalue weighted by Gasteiger charge is -2.23. The number of amides is 2. The van der Waals surface area contributed by atoms with Gasteiger partial charge in [0, 0.05) is 0 Å². The topological polar surface area (TPSA) is 93.7 Å². The minimum Gasteiger partial charge on any atom is -0.468 e. The van der Waals surface area contributed by atoms with Crippen LogP contribution in [0.4, 0.5) is 4.79 Å². The lowest BCUT2D eigenvalue weighted by molar-refractivity contribution is -0.141. The van der Waals surface area contributed by atoms with E-state index in [9.17, 15) is 14.4 Å². The van der Waals surface area contributed by atoms with Crippen LogP contribution in [0.15, 0.2) is 0 Å². The lowest BCUT2D eigenvalue weighted by Crippen LogP contribution is -2.49. The molecular formula is C14H26N2O5. The zero-order valence-electron chi connectivity index (χ0n) is 13.4. The monoisotopic (exact) mass is 302 g/mol. The molecule has 0 unspecified atom stereocenters. The SMILES string of the molecule is CCCC[C@@H](NC(=O)OC(C)(C)C)C(=O)NCC(=O)OC. The molecule has 0 fully saturated rings. The van der Waals surface area contributed by atoms with Gasteiger partial charge < -0.3 is 20.1 Å². The molecule has 122 valence electrons. The van der Waals surface area contributed by atoms with Gasteiger partial charge in [0.1, 0.15) is 18.2 Å². The molecule has 2 amide bonds. The minimum absolute atomic E-state index is 0.228. The van der Waals surface area contributed by atoms with E-state index in [-0.39, 0.29) is 6.54 Å². The Balaban J connectivity index is 4.52. The van der Waals surface area contributed by atoms with Gasteiger partial charge in [0.2, 0.25) is 5.91 Å². The molecule has 0 rings (SSSR count). The predicted molar refractivity (Wildman–Crippen MR) is 77.7 cm³/mol. The molecule has 0 saturated heterocycles. The molecule has 0 bridgehead atoms. The molecule has 7 nitrogen and oxygen atoms in total. The van der Waals surface area contributed by atoms with E-state index in [1.54, 1.807) is 20.8 Å². The Hall–Kier alpha value is -1.79. The van der Waals surface area contributed by atoms with Gasteiger partial charge in [0.15, 0.2) is 0 Å². The molecule has 0 aliphatic carbocycles. The van der Waals surface area contributed by atoms with Crippen molar-refractivity contribution in [3.8, 4) is 0 Å². The van der Waals surface area contributed by atoms with E-state index in [0.29, 0.717) is 6.42 Å². The summed E-state index contributed by atoms with van der Waals surface area (Å²) in [5.74, 6) is -0.977. The van der Waals surface area contributed by atoms with Crippen LogP contribution in [0.25, 0.3) is 0 Å². The Bertz CT molecular complexity index is 363. The van der Waals surface area contributed by atoms with Crippen molar-refractivity contribution in [3.05, 3.63) is 0 Å². The quantitative estimate of drug-likeness (QED) is 0.693. The molecule has 0 radical (unpaired) electrons. The van der Waals surface area contributed by atoms with Crippen LogP contribution in [-0.4, -0.2) is 43.3 Å². The molecule has 1 atom stereocenters. The van der Waals surface area contributed by atoms with Gasteiger partial charge in [-0.25, -0.2) is 4.79 Å². The van der Waals surface area contributed by atoms with Gasteiger partial charge in [0.05, 0.1) is 7.11 Å². The van der Waals surface area contributed by atoms with E-state index in [2.05, 4.69) is 15.4 Å². The molecular weight excluding hydrogens is 276 g/mol. The smallest absolute Gasteiger partial charge is 0.408 e. The summed E-state index contributed by atoms with van der Waals surface area (Å²) in [6.45, 7) is 6.98.